The van der Waals surface area contributed by atoms with Crippen LogP contribution in [0, 0.1) is 0 Å². The quantitative estimate of drug-likeness (QED) is 0.801. The summed E-state index contributed by atoms with van der Waals surface area (Å²) in [5.41, 5.74) is -0.152. The van der Waals surface area contributed by atoms with Crippen molar-refractivity contribution < 1.29 is 27.0 Å². The highest BCUT2D eigenvalue weighted by Crippen LogP contribution is 2.26. The largest absolute Gasteiger partial charge is 0.480 e. The number of carbonyl (C=O) groups is 2. The zero-order valence-electron chi connectivity index (χ0n) is 10.5. The molecule has 0 spiro atoms. The highest BCUT2D eigenvalue weighted by Gasteiger charge is 2.39. The SMILES string of the molecule is C[C@@H]1CC[C@H](C(=O)O)N1C(=O)c1cc(S(=O)(=O)F)c[nH]1. The summed E-state index contributed by atoms with van der Waals surface area (Å²) in [5, 5.41) is 9.07. The van der Waals surface area contributed by atoms with E-state index in [0.29, 0.717) is 12.8 Å². The number of aromatic nitrogens is 1. The maximum Gasteiger partial charge on any atom is 0.333 e. The fourth-order valence-corrected chi connectivity index (χ4v) is 2.80. The van der Waals surface area contributed by atoms with Crippen molar-refractivity contribution in [1.29, 1.82) is 0 Å². The fourth-order valence-electron chi connectivity index (χ4n) is 2.35. The molecule has 0 aliphatic carbocycles. The minimum Gasteiger partial charge on any atom is -0.480 e. The predicted octanol–water partition coefficient (Wildman–Crippen LogP) is 0.751. The number of carboxylic acids is 1. The Morgan fingerprint density at radius 1 is 1.45 bits per heavy atom. The number of hydrogen-bond acceptors (Lipinski definition) is 4. The maximum atomic E-state index is 12.8. The Kier molecular flexibility index (Phi) is 3.55. The Balaban J connectivity index is 2.31. The van der Waals surface area contributed by atoms with Crippen LogP contribution in [0.4, 0.5) is 3.89 Å². The highest BCUT2D eigenvalue weighted by molar-refractivity contribution is 7.86. The van der Waals surface area contributed by atoms with Crippen LogP contribution in [0.2, 0.25) is 0 Å². The van der Waals surface area contributed by atoms with Gasteiger partial charge >= 0.3 is 16.2 Å². The third kappa shape index (κ3) is 2.53. The Labute approximate surface area is 114 Å². The van der Waals surface area contributed by atoms with Crippen LogP contribution < -0.4 is 0 Å². The van der Waals surface area contributed by atoms with E-state index in [1.807, 2.05) is 0 Å². The molecule has 0 aromatic carbocycles. The van der Waals surface area contributed by atoms with Crippen molar-refractivity contribution in [3.63, 3.8) is 0 Å². The Morgan fingerprint density at radius 2 is 2.10 bits per heavy atom. The molecule has 1 saturated heterocycles. The van der Waals surface area contributed by atoms with E-state index in [4.69, 9.17) is 5.11 Å². The first-order chi connectivity index (χ1) is 9.21. The summed E-state index contributed by atoms with van der Waals surface area (Å²) < 4.78 is 34.2. The van der Waals surface area contributed by atoms with Crippen LogP contribution in [0.1, 0.15) is 30.3 Å². The minimum atomic E-state index is -4.90. The van der Waals surface area contributed by atoms with Gasteiger partial charge in [0, 0.05) is 12.2 Å². The van der Waals surface area contributed by atoms with E-state index >= 15 is 0 Å². The first-order valence-corrected chi connectivity index (χ1v) is 7.28. The molecule has 7 nitrogen and oxygen atoms in total. The molecular weight excluding hydrogens is 291 g/mol. The van der Waals surface area contributed by atoms with E-state index in [-0.39, 0.29) is 11.7 Å². The zero-order chi connectivity index (χ0) is 15.1. The van der Waals surface area contributed by atoms with Gasteiger partial charge in [-0.05, 0) is 25.8 Å². The Bertz CT molecular complexity index is 654. The van der Waals surface area contributed by atoms with Gasteiger partial charge in [0.05, 0.1) is 0 Å². The third-order valence-corrected chi connectivity index (χ3v) is 4.16. The number of likely N-dealkylation sites (tertiary alicyclic amines) is 1. The summed E-state index contributed by atoms with van der Waals surface area (Å²) >= 11 is 0. The lowest BCUT2D eigenvalue weighted by Gasteiger charge is -2.25. The number of halogens is 1. The summed E-state index contributed by atoms with van der Waals surface area (Å²) in [6, 6.07) is -0.370. The molecule has 0 saturated carbocycles. The predicted molar refractivity (Wildman–Crippen MR) is 65.4 cm³/mol. The molecule has 2 N–H and O–H groups in total. The molecule has 1 fully saturated rings. The molecule has 2 atom stereocenters. The molecule has 0 unspecified atom stereocenters. The number of nitrogens with zero attached hydrogens (tertiary/aromatic N) is 1. The van der Waals surface area contributed by atoms with E-state index in [9.17, 15) is 21.9 Å². The number of H-pyrrole nitrogens is 1. The first kappa shape index (κ1) is 14.5. The summed E-state index contributed by atoms with van der Waals surface area (Å²) in [5.74, 6) is -1.77. The van der Waals surface area contributed by atoms with Crippen molar-refractivity contribution >= 4 is 22.1 Å². The van der Waals surface area contributed by atoms with E-state index in [1.165, 1.54) is 4.90 Å². The van der Waals surface area contributed by atoms with Crippen LogP contribution >= 0.6 is 0 Å². The molecule has 2 rings (SSSR count). The molecule has 1 aromatic heterocycles. The van der Waals surface area contributed by atoms with Gasteiger partial charge in [0.25, 0.3) is 5.91 Å². The van der Waals surface area contributed by atoms with Crippen LogP contribution in [0.15, 0.2) is 17.2 Å². The van der Waals surface area contributed by atoms with E-state index < -0.39 is 33.0 Å². The molecule has 2 heterocycles. The number of nitrogens with one attached hydrogen (secondary N) is 1. The van der Waals surface area contributed by atoms with E-state index in [0.717, 1.165) is 12.3 Å². The van der Waals surface area contributed by atoms with E-state index in [2.05, 4.69) is 4.98 Å². The molecule has 9 heteroatoms. The number of hydrogen-bond donors (Lipinski definition) is 2. The third-order valence-electron chi connectivity index (χ3n) is 3.36. The van der Waals surface area contributed by atoms with Gasteiger partial charge in [-0.25, -0.2) is 4.79 Å². The molecule has 20 heavy (non-hydrogen) atoms. The van der Waals surface area contributed by atoms with Gasteiger partial charge < -0.3 is 15.0 Å². The second kappa shape index (κ2) is 4.89. The van der Waals surface area contributed by atoms with Gasteiger partial charge in [0.1, 0.15) is 16.6 Å². The molecule has 1 aliphatic rings. The molecule has 110 valence electrons. The normalized spacial score (nSPS) is 23.0. The van der Waals surface area contributed by atoms with Crippen molar-refractivity contribution in [1.82, 2.24) is 9.88 Å². The second-order valence-corrected chi connectivity index (χ2v) is 6.03. The van der Waals surface area contributed by atoms with Crippen molar-refractivity contribution in [2.24, 2.45) is 0 Å². The molecular formula is C11H13FN2O5S. The van der Waals surface area contributed by atoms with E-state index in [1.54, 1.807) is 6.92 Å². The Morgan fingerprint density at radius 3 is 2.60 bits per heavy atom. The van der Waals surface area contributed by atoms with Crippen LogP contribution in [0.3, 0.4) is 0 Å². The highest BCUT2D eigenvalue weighted by atomic mass is 32.3. The number of aliphatic carboxylic acids is 1. The topological polar surface area (TPSA) is 108 Å². The lowest BCUT2D eigenvalue weighted by molar-refractivity contribution is -0.141. The monoisotopic (exact) mass is 304 g/mol. The summed E-state index contributed by atoms with van der Waals surface area (Å²) in [6.07, 6.45) is 1.73. The average molecular weight is 304 g/mol. The van der Waals surface area contributed by atoms with Gasteiger partial charge in [-0.3, -0.25) is 4.79 Å². The summed E-state index contributed by atoms with van der Waals surface area (Å²) in [4.78, 5) is 26.2. The number of aromatic amines is 1. The Hall–Kier alpha value is -1.90. The smallest absolute Gasteiger partial charge is 0.333 e. The maximum absolute atomic E-state index is 12.8. The second-order valence-electron chi connectivity index (χ2n) is 4.68. The lowest BCUT2D eigenvalue weighted by Crippen LogP contribution is -2.44. The van der Waals surface area contributed by atoms with Gasteiger partial charge in [0.15, 0.2) is 0 Å². The van der Waals surface area contributed by atoms with Crippen molar-refractivity contribution in [3.8, 4) is 0 Å². The summed E-state index contributed by atoms with van der Waals surface area (Å²) in [7, 11) is -4.90. The lowest BCUT2D eigenvalue weighted by atomic mass is 10.2. The average Bonchev–Trinajstić information content (AvgIpc) is 2.93. The molecule has 0 bridgehead atoms. The molecule has 1 aliphatic heterocycles. The van der Waals surface area contributed by atoms with Gasteiger partial charge in [-0.15, -0.1) is 3.89 Å². The van der Waals surface area contributed by atoms with Gasteiger partial charge in [-0.2, -0.15) is 8.42 Å². The van der Waals surface area contributed by atoms with Crippen molar-refractivity contribution in [2.45, 2.75) is 36.7 Å². The molecule has 0 radical (unpaired) electrons. The number of rotatable bonds is 3. The van der Waals surface area contributed by atoms with Crippen LogP contribution in [0.5, 0.6) is 0 Å². The van der Waals surface area contributed by atoms with Crippen LogP contribution in [-0.4, -0.2) is 47.4 Å². The first-order valence-electron chi connectivity index (χ1n) is 5.90. The minimum absolute atomic E-state index is 0.152. The van der Waals surface area contributed by atoms with Gasteiger partial charge in [0.2, 0.25) is 0 Å². The van der Waals surface area contributed by atoms with Crippen LogP contribution in [0.25, 0.3) is 0 Å². The number of carboxylic acid groups (broad SMARTS) is 1. The molecule has 1 aromatic rings. The number of carbonyl (C=O) groups excluding carboxylic acids is 1. The summed E-state index contributed by atoms with van der Waals surface area (Å²) in [6.45, 7) is 1.70. The standard InChI is InChI=1S/C11H13FN2O5S/c1-6-2-3-9(11(16)17)14(6)10(15)8-4-7(5-13-8)20(12,18)19/h4-6,9,13H,2-3H2,1H3,(H,16,17)/t6-,9-/m1/s1. The zero-order valence-corrected chi connectivity index (χ0v) is 11.4. The molecule has 1 amide bonds. The van der Waals surface area contributed by atoms with Crippen molar-refractivity contribution in [3.05, 3.63) is 18.0 Å². The number of amides is 1. The van der Waals surface area contributed by atoms with Crippen molar-refractivity contribution in [2.75, 3.05) is 0 Å². The van der Waals surface area contributed by atoms with Gasteiger partial charge in [-0.1, -0.05) is 0 Å². The van der Waals surface area contributed by atoms with Crippen LogP contribution in [-0.2, 0) is 15.0 Å². The fraction of sp³-hybridized carbons (Fsp3) is 0.455.